The second-order valence-corrected chi connectivity index (χ2v) is 7.68. The van der Waals surface area contributed by atoms with E-state index in [1.165, 1.54) is 0 Å². The van der Waals surface area contributed by atoms with E-state index in [4.69, 9.17) is 21.1 Å². The van der Waals surface area contributed by atoms with Gasteiger partial charge in [0.1, 0.15) is 11.5 Å². The molecule has 0 bridgehead atoms. The number of esters is 2. The Balaban J connectivity index is 2.41. The molecule has 0 radical (unpaired) electrons. The van der Waals surface area contributed by atoms with Gasteiger partial charge in [0.25, 0.3) is 0 Å². The van der Waals surface area contributed by atoms with Gasteiger partial charge < -0.3 is 9.47 Å². The zero-order chi connectivity index (χ0) is 20.6. The van der Waals surface area contributed by atoms with Crippen molar-refractivity contribution >= 4 is 23.5 Å². The molecule has 0 aromatic heterocycles. The maximum atomic E-state index is 13.2. The van der Waals surface area contributed by atoms with Crippen LogP contribution in [0.3, 0.4) is 0 Å². The van der Waals surface area contributed by atoms with Crippen molar-refractivity contribution in [2.45, 2.75) is 33.6 Å². The normalized spacial score (nSPS) is 12.0. The summed E-state index contributed by atoms with van der Waals surface area (Å²) in [6, 6.07) is 17.4. The van der Waals surface area contributed by atoms with Crippen molar-refractivity contribution in [1.29, 1.82) is 0 Å². The highest BCUT2D eigenvalue weighted by Gasteiger charge is 2.49. The number of carbonyl (C=O) groups excluding carboxylic acids is 2. The smallest absolute Gasteiger partial charge is 0.329 e. The average Bonchev–Trinajstić information content (AvgIpc) is 2.66. The monoisotopic (exact) mass is 400 g/mol. The summed E-state index contributed by atoms with van der Waals surface area (Å²) in [6.07, 6.45) is 2.02. The minimum atomic E-state index is -1.50. The van der Waals surface area contributed by atoms with E-state index in [2.05, 4.69) is 0 Å². The van der Waals surface area contributed by atoms with Gasteiger partial charge in [0, 0.05) is 5.03 Å². The number of allylic oxidation sites excluding steroid dienone is 2. The van der Waals surface area contributed by atoms with Gasteiger partial charge in [0.2, 0.25) is 0 Å². The van der Waals surface area contributed by atoms with Gasteiger partial charge in [0.15, 0.2) is 5.41 Å². The van der Waals surface area contributed by atoms with Gasteiger partial charge >= 0.3 is 11.9 Å². The molecule has 2 aromatic rings. The van der Waals surface area contributed by atoms with Crippen molar-refractivity contribution in [3.63, 3.8) is 0 Å². The fraction of sp³-hybridized carbons (Fsp3) is 0.304. The number of carbonyl (C=O) groups is 2. The molecule has 0 heterocycles. The fourth-order valence-corrected chi connectivity index (χ4v) is 2.98. The Hall–Kier alpha value is -2.59. The van der Waals surface area contributed by atoms with Crippen LogP contribution in [-0.4, -0.2) is 11.9 Å². The first kappa shape index (κ1) is 21.7. The van der Waals surface area contributed by atoms with E-state index in [-0.39, 0.29) is 18.8 Å². The highest BCUT2D eigenvalue weighted by atomic mass is 35.5. The summed E-state index contributed by atoms with van der Waals surface area (Å²) in [4.78, 5) is 26.4. The van der Waals surface area contributed by atoms with E-state index in [1.54, 1.807) is 61.5 Å². The lowest BCUT2D eigenvalue weighted by atomic mass is 9.77. The summed E-state index contributed by atoms with van der Waals surface area (Å²) >= 11 is 6.01. The Bertz CT molecular complexity index is 756. The summed E-state index contributed by atoms with van der Waals surface area (Å²) in [5.41, 5.74) is -1.50. The third-order valence-electron chi connectivity index (χ3n) is 4.18. The lowest BCUT2D eigenvalue weighted by Crippen LogP contribution is -2.45. The van der Waals surface area contributed by atoms with E-state index in [0.29, 0.717) is 16.5 Å². The Kier molecular flexibility index (Phi) is 7.82. The van der Waals surface area contributed by atoms with Crippen molar-refractivity contribution in [2.24, 2.45) is 11.3 Å². The molecule has 28 heavy (non-hydrogen) atoms. The molecule has 0 atom stereocenters. The fourth-order valence-electron chi connectivity index (χ4n) is 2.90. The Morgan fingerprint density at radius 1 is 0.929 bits per heavy atom. The second kappa shape index (κ2) is 10.1. The van der Waals surface area contributed by atoms with E-state index >= 15 is 0 Å². The van der Waals surface area contributed by atoms with Gasteiger partial charge in [-0.2, -0.15) is 0 Å². The Morgan fingerprint density at radius 3 is 1.71 bits per heavy atom. The van der Waals surface area contributed by atoms with Crippen LogP contribution in [0.15, 0.2) is 71.8 Å². The van der Waals surface area contributed by atoms with Crippen LogP contribution in [0.4, 0.5) is 0 Å². The summed E-state index contributed by atoms with van der Waals surface area (Å²) in [5.74, 6) is -0.500. The molecule has 4 nitrogen and oxygen atoms in total. The first-order chi connectivity index (χ1) is 13.3. The van der Waals surface area contributed by atoms with Crippen molar-refractivity contribution in [2.75, 3.05) is 0 Å². The third kappa shape index (κ3) is 5.96. The van der Waals surface area contributed by atoms with Gasteiger partial charge in [-0.3, -0.25) is 9.59 Å². The quantitative estimate of drug-likeness (QED) is 0.321. The van der Waals surface area contributed by atoms with E-state index < -0.39 is 17.4 Å². The molecule has 0 amide bonds. The lowest BCUT2D eigenvalue weighted by molar-refractivity contribution is -0.162. The van der Waals surface area contributed by atoms with Gasteiger partial charge in [-0.1, -0.05) is 67.9 Å². The van der Waals surface area contributed by atoms with Crippen molar-refractivity contribution in [3.8, 4) is 11.5 Å². The first-order valence-electron chi connectivity index (χ1n) is 9.20. The minimum Gasteiger partial charge on any atom is -0.426 e. The molecule has 2 aromatic carbocycles. The van der Waals surface area contributed by atoms with Gasteiger partial charge in [-0.05, 0) is 49.9 Å². The highest BCUT2D eigenvalue weighted by Crippen LogP contribution is 2.36. The summed E-state index contributed by atoms with van der Waals surface area (Å²) in [7, 11) is 0. The summed E-state index contributed by atoms with van der Waals surface area (Å²) < 4.78 is 11.1. The highest BCUT2D eigenvalue weighted by molar-refractivity contribution is 6.29. The molecular formula is C23H25ClO4. The van der Waals surface area contributed by atoms with E-state index in [1.807, 2.05) is 26.0 Å². The average molecular weight is 401 g/mol. The Morgan fingerprint density at radius 2 is 1.36 bits per heavy atom. The van der Waals surface area contributed by atoms with Crippen LogP contribution in [0.2, 0.25) is 0 Å². The molecule has 0 saturated carbocycles. The van der Waals surface area contributed by atoms with Crippen LogP contribution in [0.5, 0.6) is 11.5 Å². The molecule has 0 aliphatic carbocycles. The number of hydrogen-bond acceptors (Lipinski definition) is 4. The molecule has 2 rings (SSSR count). The molecule has 0 aliphatic rings. The molecule has 0 N–H and O–H groups in total. The lowest BCUT2D eigenvalue weighted by Gasteiger charge is -2.30. The van der Waals surface area contributed by atoms with Crippen molar-refractivity contribution < 1.29 is 19.1 Å². The van der Waals surface area contributed by atoms with Crippen LogP contribution in [0.25, 0.3) is 0 Å². The van der Waals surface area contributed by atoms with Crippen LogP contribution in [0, 0.1) is 11.3 Å². The zero-order valence-corrected chi connectivity index (χ0v) is 17.1. The summed E-state index contributed by atoms with van der Waals surface area (Å²) in [6.45, 7) is 5.59. The number of hydrogen-bond donors (Lipinski definition) is 0. The van der Waals surface area contributed by atoms with Crippen LogP contribution < -0.4 is 9.47 Å². The molecule has 0 saturated heterocycles. The van der Waals surface area contributed by atoms with E-state index in [9.17, 15) is 9.59 Å². The van der Waals surface area contributed by atoms with Gasteiger partial charge in [0.05, 0.1) is 0 Å². The number of benzene rings is 2. The van der Waals surface area contributed by atoms with Crippen LogP contribution in [0.1, 0.15) is 33.6 Å². The summed E-state index contributed by atoms with van der Waals surface area (Å²) in [5, 5.41) is 0.494. The van der Waals surface area contributed by atoms with E-state index in [0.717, 1.165) is 0 Å². The minimum absolute atomic E-state index is 0.0516. The number of rotatable bonds is 8. The maximum absolute atomic E-state index is 13.2. The largest absolute Gasteiger partial charge is 0.426 e. The Labute approximate surface area is 171 Å². The molecule has 5 heteroatoms. The molecular weight excluding hydrogens is 376 g/mol. The molecule has 148 valence electrons. The zero-order valence-electron chi connectivity index (χ0n) is 16.4. The first-order valence-corrected chi connectivity index (χ1v) is 9.58. The topological polar surface area (TPSA) is 52.6 Å². The van der Waals surface area contributed by atoms with Gasteiger partial charge in [-0.15, -0.1) is 0 Å². The third-order valence-corrected chi connectivity index (χ3v) is 4.33. The van der Waals surface area contributed by atoms with Crippen molar-refractivity contribution in [3.05, 3.63) is 71.8 Å². The number of halogens is 1. The maximum Gasteiger partial charge on any atom is 0.329 e. The SMILES string of the molecule is CC(Cl)=CCC(CC(C)C)(C(=O)Oc1ccccc1)C(=O)Oc1ccccc1. The van der Waals surface area contributed by atoms with Crippen molar-refractivity contribution in [1.82, 2.24) is 0 Å². The second-order valence-electron chi connectivity index (χ2n) is 7.08. The van der Waals surface area contributed by atoms with Gasteiger partial charge in [-0.25, -0.2) is 0 Å². The molecule has 0 fully saturated rings. The predicted octanol–water partition coefficient (Wildman–Crippen LogP) is 5.76. The van der Waals surface area contributed by atoms with Crippen LogP contribution in [-0.2, 0) is 9.59 Å². The van der Waals surface area contributed by atoms with Crippen LogP contribution >= 0.6 is 11.6 Å². The predicted molar refractivity (Wildman–Crippen MR) is 110 cm³/mol. The number of para-hydroxylation sites is 2. The molecule has 0 unspecified atom stereocenters. The molecule has 0 spiro atoms. The molecule has 0 aliphatic heterocycles. The number of ether oxygens (including phenoxy) is 2. The standard InChI is InChI=1S/C23H25ClO4/c1-17(2)16-23(15-14-18(3)24,21(25)27-19-10-6-4-7-11-19)22(26)28-20-12-8-5-9-13-20/h4-14,17H,15-16H2,1-3H3.